The van der Waals surface area contributed by atoms with Gasteiger partial charge in [0.15, 0.2) is 0 Å². The Morgan fingerprint density at radius 3 is 2.00 bits per heavy atom. The van der Waals surface area contributed by atoms with Crippen molar-refractivity contribution in [2.75, 3.05) is 12.4 Å². The number of carbonyl (C=O) groups is 2. The number of amides is 1. The summed E-state index contributed by atoms with van der Waals surface area (Å²) in [6.07, 6.45) is 0. The van der Waals surface area contributed by atoms with Crippen LogP contribution in [-0.4, -0.2) is 23.9 Å². The van der Waals surface area contributed by atoms with E-state index in [0.29, 0.717) is 21.7 Å². The quantitative estimate of drug-likeness (QED) is 0.239. The third kappa shape index (κ3) is 3.11. The number of hydrogen-bond donors (Lipinski definition) is 1. The summed E-state index contributed by atoms with van der Waals surface area (Å²) in [5.74, 6) is -0.845. The maximum Gasteiger partial charge on any atom is 0.350 e. The molecule has 168 valence electrons. The lowest BCUT2D eigenvalue weighted by atomic mass is 9.69. The molecule has 0 radical (unpaired) electrons. The monoisotopic (exact) mass is 470 g/mol. The number of nitrogens with one attached hydrogen (secondary N) is 1. The van der Waals surface area contributed by atoms with Crippen LogP contribution in [0.1, 0.15) is 26.4 Å². The lowest BCUT2D eigenvalue weighted by Crippen LogP contribution is -2.37. The fourth-order valence-electron chi connectivity index (χ4n) is 4.50. The van der Waals surface area contributed by atoms with E-state index in [-0.39, 0.29) is 16.5 Å². The third-order valence-electron chi connectivity index (χ3n) is 5.99. The third-order valence-corrected chi connectivity index (χ3v) is 7.21. The van der Waals surface area contributed by atoms with Crippen molar-refractivity contribution in [1.29, 1.82) is 0 Å². The van der Waals surface area contributed by atoms with Crippen molar-refractivity contribution < 1.29 is 19.2 Å². The summed E-state index contributed by atoms with van der Waals surface area (Å²) < 4.78 is 5.01. The predicted octanol–water partition coefficient (Wildman–Crippen LogP) is 5.40. The molecule has 0 unspecified atom stereocenters. The molecule has 1 amide bonds. The van der Waals surface area contributed by atoms with Crippen LogP contribution in [0.25, 0.3) is 10.4 Å². The minimum atomic E-state index is -1.22. The zero-order valence-corrected chi connectivity index (χ0v) is 18.8. The maximum absolute atomic E-state index is 13.9. The topological polar surface area (TPSA) is 98.5 Å². The molecule has 34 heavy (non-hydrogen) atoms. The summed E-state index contributed by atoms with van der Waals surface area (Å²) >= 11 is 1.20. The molecule has 4 aromatic rings. The first-order valence-electron chi connectivity index (χ1n) is 10.4. The number of non-ortho nitro benzene ring substituents is 1. The van der Waals surface area contributed by atoms with Gasteiger partial charge < -0.3 is 10.1 Å². The number of benzene rings is 3. The highest BCUT2D eigenvalue weighted by molar-refractivity contribution is 7.18. The lowest BCUT2D eigenvalue weighted by molar-refractivity contribution is -0.384. The zero-order chi connectivity index (χ0) is 23.9. The van der Waals surface area contributed by atoms with E-state index in [0.717, 1.165) is 11.1 Å². The second kappa shape index (κ2) is 8.24. The zero-order valence-electron chi connectivity index (χ0n) is 18.0. The van der Waals surface area contributed by atoms with Crippen LogP contribution in [0, 0.1) is 10.1 Å². The normalized spacial score (nSPS) is 13.7. The molecular weight excluding hydrogens is 452 g/mol. The number of nitrogens with zero attached hydrogens (tertiary/aromatic N) is 1. The van der Waals surface area contributed by atoms with Gasteiger partial charge in [-0.1, -0.05) is 60.7 Å². The van der Waals surface area contributed by atoms with Gasteiger partial charge in [0.05, 0.1) is 17.7 Å². The fraction of sp³-hybridized carbons (Fsp3) is 0.0769. The van der Waals surface area contributed by atoms with E-state index >= 15 is 0 Å². The summed E-state index contributed by atoms with van der Waals surface area (Å²) in [4.78, 5) is 38.2. The van der Waals surface area contributed by atoms with Gasteiger partial charge in [-0.3, -0.25) is 14.9 Å². The Morgan fingerprint density at radius 2 is 1.50 bits per heavy atom. The molecule has 0 aliphatic carbocycles. The van der Waals surface area contributed by atoms with Gasteiger partial charge in [-0.15, -0.1) is 11.3 Å². The number of carbonyl (C=O) groups excluding carboxylic acids is 2. The van der Waals surface area contributed by atoms with Gasteiger partial charge in [0.2, 0.25) is 5.91 Å². The Kier molecular flexibility index (Phi) is 5.22. The SMILES string of the molecule is COC(=O)c1sc(-c2ccc([N+](=O)[O-])cc2)c2c1NC(=O)C2(c1ccccc1)c1ccccc1. The van der Waals surface area contributed by atoms with E-state index in [1.807, 2.05) is 60.7 Å². The van der Waals surface area contributed by atoms with E-state index in [1.165, 1.54) is 30.6 Å². The average molecular weight is 471 g/mol. The Balaban J connectivity index is 1.87. The minimum Gasteiger partial charge on any atom is -0.465 e. The molecule has 3 aromatic carbocycles. The van der Waals surface area contributed by atoms with E-state index in [1.54, 1.807) is 12.1 Å². The predicted molar refractivity (Wildman–Crippen MR) is 129 cm³/mol. The Morgan fingerprint density at radius 1 is 0.941 bits per heavy atom. The van der Waals surface area contributed by atoms with Crippen LogP contribution in [0.3, 0.4) is 0 Å². The van der Waals surface area contributed by atoms with Crippen molar-refractivity contribution in [1.82, 2.24) is 0 Å². The molecule has 2 heterocycles. The number of esters is 1. The van der Waals surface area contributed by atoms with Crippen LogP contribution in [0.5, 0.6) is 0 Å². The molecule has 5 rings (SSSR count). The number of thiophene rings is 1. The molecule has 0 spiro atoms. The van der Waals surface area contributed by atoms with E-state index in [9.17, 15) is 19.7 Å². The molecule has 1 N–H and O–H groups in total. The van der Waals surface area contributed by atoms with Crippen molar-refractivity contribution in [3.05, 3.63) is 117 Å². The maximum atomic E-state index is 13.9. The second-order valence-electron chi connectivity index (χ2n) is 7.74. The fourth-order valence-corrected chi connectivity index (χ4v) is 5.73. The Bertz CT molecular complexity index is 1370. The molecule has 0 bridgehead atoms. The van der Waals surface area contributed by atoms with Crippen LogP contribution >= 0.6 is 11.3 Å². The van der Waals surface area contributed by atoms with Gasteiger partial charge in [0, 0.05) is 22.6 Å². The van der Waals surface area contributed by atoms with Crippen molar-refractivity contribution in [3.8, 4) is 10.4 Å². The van der Waals surface area contributed by atoms with Crippen LogP contribution < -0.4 is 5.32 Å². The molecule has 7 nitrogen and oxygen atoms in total. The number of ether oxygens (including phenoxy) is 1. The van der Waals surface area contributed by atoms with Crippen molar-refractivity contribution in [2.45, 2.75) is 5.41 Å². The number of anilines is 1. The Hall–Kier alpha value is -4.30. The highest BCUT2D eigenvalue weighted by Crippen LogP contribution is 2.56. The first kappa shape index (κ1) is 21.5. The van der Waals surface area contributed by atoms with Crippen LogP contribution in [0.15, 0.2) is 84.9 Å². The largest absolute Gasteiger partial charge is 0.465 e. The van der Waals surface area contributed by atoms with Gasteiger partial charge in [0.1, 0.15) is 10.3 Å². The highest BCUT2D eigenvalue weighted by atomic mass is 32.1. The number of fused-ring (bicyclic) bond motifs is 1. The van der Waals surface area contributed by atoms with Crippen LogP contribution in [0.2, 0.25) is 0 Å². The first-order valence-corrected chi connectivity index (χ1v) is 11.2. The number of methoxy groups -OCH3 is 1. The van der Waals surface area contributed by atoms with Gasteiger partial charge >= 0.3 is 5.97 Å². The second-order valence-corrected chi connectivity index (χ2v) is 8.76. The summed E-state index contributed by atoms with van der Waals surface area (Å²) in [6, 6.07) is 24.8. The van der Waals surface area contributed by atoms with Gasteiger partial charge in [-0.05, 0) is 28.8 Å². The smallest absolute Gasteiger partial charge is 0.350 e. The highest BCUT2D eigenvalue weighted by Gasteiger charge is 2.53. The van der Waals surface area contributed by atoms with Gasteiger partial charge in [-0.2, -0.15) is 0 Å². The van der Waals surface area contributed by atoms with Crippen LogP contribution in [-0.2, 0) is 14.9 Å². The summed E-state index contributed by atoms with van der Waals surface area (Å²) in [5.41, 5.74) is 1.92. The number of rotatable bonds is 5. The number of hydrogen-bond acceptors (Lipinski definition) is 6. The summed E-state index contributed by atoms with van der Waals surface area (Å²) in [5, 5.41) is 14.1. The molecule has 1 aliphatic rings. The molecule has 1 aromatic heterocycles. The van der Waals surface area contributed by atoms with E-state index in [2.05, 4.69) is 5.32 Å². The first-order chi connectivity index (χ1) is 16.5. The average Bonchev–Trinajstić information content (AvgIpc) is 3.39. The number of nitro groups is 1. The lowest BCUT2D eigenvalue weighted by Gasteiger charge is -2.29. The van der Waals surface area contributed by atoms with Gasteiger partial charge in [-0.25, -0.2) is 4.79 Å². The molecule has 8 heteroatoms. The van der Waals surface area contributed by atoms with Crippen molar-refractivity contribution in [3.63, 3.8) is 0 Å². The molecule has 0 atom stereocenters. The van der Waals surface area contributed by atoms with Crippen molar-refractivity contribution in [2.24, 2.45) is 0 Å². The standard InChI is InChI=1S/C26H18N2O5S/c1-33-24(29)23-21-20(22(34-23)16-12-14-19(15-13-16)28(31)32)26(25(30)27-21,17-8-4-2-5-9-17)18-10-6-3-7-11-18/h2-15H,1H3,(H,27,30). The molecule has 0 saturated carbocycles. The molecule has 1 aliphatic heterocycles. The van der Waals surface area contributed by atoms with Crippen molar-refractivity contribution >= 4 is 34.6 Å². The summed E-state index contributed by atoms with van der Waals surface area (Å²) in [7, 11) is 1.29. The van der Waals surface area contributed by atoms with Crippen LogP contribution in [0.4, 0.5) is 11.4 Å². The molecule has 0 saturated heterocycles. The van der Waals surface area contributed by atoms with E-state index in [4.69, 9.17) is 4.74 Å². The van der Waals surface area contributed by atoms with Gasteiger partial charge in [0.25, 0.3) is 5.69 Å². The summed E-state index contributed by atoms with van der Waals surface area (Å²) in [6.45, 7) is 0. The molecular formula is C26H18N2O5S. The molecule has 0 fully saturated rings. The Labute approximate surface area is 198 Å². The minimum absolute atomic E-state index is 0.0447. The number of nitro benzene ring substituents is 1. The van der Waals surface area contributed by atoms with E-state index < -0.39 is 16.3 Å².